The molecule has 0 radical (unpaired) electrons. The van der Waals surface area contributed by atoms with Crippen LogP contribution in [0.2, 0.25) is 0 Å². The Hall–Kier alpha value is -2.88. The molecule has 2 aromatic rings. The van der Waals surface area contributed by atoms with E-state index in [0.29, 0.717) is 25.4 Å². The van der Waals surface area contributed by atoms with E-state index in [1.807, 2.05) is 6.08 Å². The van der Waals surface area contributed by atoms with Crippen molar-refractivity contribution in [3.8, 4) is 0 Å². The van der Waals surface area contributed by atoms with Crippen LogP contribution in [-0.4, -0.2) is 27.1 Å². The Labute approximate surface area is 227 Å². The molecule has 0 spiro atoms. The molecule has 6 rings (SSSR count). The van der Waals surface area contributed by atoms with Crippen molar-refractivity contribution < 1.29 is 9.59 Å². The quantitative estimate of drug-likeness (QED) is 0.393. The number of carbonyl (C=O) groups is 2. The average molecular weight is 511 g/mol. The van der Waals surface area contributed by atoms with E-state index in [-0.39, 0.29) is 28.3 Å². The molecule has 0 atom stereocenters. The number of rotatable bonds is 4. The van der Waals surface area contributed by atoms with Crippen LogP contribution >= 0.6 is 0 Å². The van der Waals surface area contributed by atoms with Gasteiger partial charge in [-0.05, 0) is 48.1 Å². The third kappa shape index (κ3) is 4.12. The molecule has 0 N–H and O–H groups in total. The van der Waals surface area contributed by atoms with Crippen molar-refractivity contribution in [3.63, 3.8) is 0 Å². The molecule has 1 fully saturated rings. The number of ketones is 2. The molecule has 0 amide bonds. The Morgan fingerprint density at radius 1 is 0.868 bits per heavy atom. The number of hydrogen-bond acceptors (Lipinski definition) is 3. The number of aromatic nitrogens is 1. The third-order valence-corrected chi connectivity index (χ3v) is 9.35. The molecule has 1 aliphatic heterocycles. The van der Waals surface area contributed by atoms with E-state index >= 15 is 0 Å². The second-order valence-electron chi connectivity index (χ2n) is 13.7. The van der Waals surface area contributed by atoms with Crippen molar-refractivity contribution >= 4 is 22.5 Å². The molecule has 2 heterocycles. The maximum atomic E-state index is 14.2. The lowest BCUT2D eigenvalue weighted by Gasteiger charge is -2.52. The van der Waals surface area contributed by atoms with Crippen LogP contribution in [0.4, 0.5) is 0 Å². The van der Waals surface area contributed by atoms with Gasteiger partial charge in [-0.1, -0.05) is 71.2 Å². The Kier molecular flexibility index (Phi) is 6.09. The van der Waals surface area contributed by atoms with Gasteiger partial charge >= 0.3 is 0 Å². The van der Waals surface area contributed by atoms with Gasteiger partial charge in [0.15, 0.2) is 11.6 Å². The van der Waals surface area contributed by atoms with Crippen LogP contribution in [0, 0.1) is 10.8 Å². The number of carbonyl (C=O) groups excluding carboxylic acids is 2. The predicted molar refractivity (Wildman–Crippen MR) is 154 cm³/mol. The van der Waals surface area contributed by atoms with Crippen molar-refractivity contribution in [2.24, 2.45) is 10.8 Å². The molecular formula is C34H42N2O2. The second kappa shape index (κ2) is 9.10. The van der Waals surface area contributed by atoms with Crippen LogP contribution in [-0.2, 0) is 16.1 Å². The van der Waals surface area contributed by atoms with E-state index in [1.54, 1.807) is 0 Å². The Morgan fingerprint density at radius 2 is 1.45 bits per heavy atom. The first kappa shape index (κ1) is 25.4. The van der Waals surface area contributed by atoms with Crippen LogP contribution in [0.15, 0.2) is 65.7 Å². The average Bonchev–Trinajstić information content (AvgIpc) is 3.20. The number of allylic oxidation sites excluding steroid dienone is 5. The standard InChI is InChI=1S/C34H42N2O2/c1-6-16-35-21-24(23-14-10-11-15-25(23)35)30-31-26(17-33(2,3)19-28(31)37)36(22-12-8-7-9-13-22)27-18-34(4,5)20-29(38)32(27)30/h6,10-11,14-15,21-22,30H,1,7-9,12-13,16-20H2,2-5H3. The van der Waals surface area contributed by atoms with Gasteiger partial charge in [-0.25, -0.2) is 0 Å². The number of para-hydroxylation sites is 1. The smallest absolute Gasteiger partial charge is 0.162 e. The molecule has 0 bridgehead atoms. The van der Waals surface area contributed by atoms with Crippen molar-refractivity contribution in [3.05, 3.63) is 71.2 Å². The number of benzene rings is 1. The molecule has 200 valence electrons. The normalized spacial score (nSPS) is 24.2. The predicted octanol–water partition coefficient (Wildman–Crippen LogP) is 7.85. The lowest BCUT2D eigenvalue weighted by atomic mass is 9.63. The van der Waals surface area contributed by atoms with Gasteiger partial charge in [0.05, 0.1) is 0 Å². The van der Waals surface area contributed by atoms with Crippen LogP contribution in [0.3, 0.4) is 0 Å². The van der Waals surface area contributed by atoms with Gasteiger partial charge in [0, 0.05) is 71.0 Å². The molecule has 4 aliphatic rings. The van der Waals surface area contributed by atoms with Crippen molar-refractivity contribution in [2.45, 2.75) is 104 Å². The topological polar surface area (TPSA) is 42.3 Å². The van der Waals surface area contributed by atoms with E-state index < -0.39 is 0 Å². The highest BCUT2D eigenvalue weighted by molar-refractivity contribution is 6.08. The van der Waals surface area contributed by atoms with Crippen molar-refractivity contribution in [2.75, 3.05) is 0 Å². The molecule has 4 heteroatoms. The van der Waals surface area contributed by atoms with E-state index in [0.717, 1.165) is 53.3 Å². The molecule has 1 saturated carbocycles. The fourth-order valence-corrected chi connectivity index (χ4v) is 7.88. The maximum Gasteiger partial charge on any atom is 0.162 e. The zero-order valence-electron chi connectivity index (χ0n) is 23.6. The molecule has 1 aromatic carbocycles. The van der Waals surface area contributed by atoms with Crippen molar-refractivity contribution in [1.82, 2.24) is 9.47 Å². The minimum absolute atomic E-state index is 0.0868. The largest absolute Gasteiger partial charge is 0.345 e. The maximum absolute atomic E-state index is 14.2. The van der Waals surface area contributed by atoms with E-state index in [2.05, 4.69) is 74.2 Å². The Balaban J connectivity index is 1.65. The molecule has 1 aromatic heterocycles. The zero-order valence-corrected chi connectivity index (χ0v) is 23.6. The number of Topliss-reactive ketones (excluding diaryl/α,β-unsaturated/α-hetero) is 2. The van der Waals surface area contributed by atoms with E-state index in [4.69, 9.17) is 0 Å². The summed E-state index contributed by atoms with van der Waals surface area (Å²) < 4.78 is 2.22. The van der Waals surface area contributed by atoms with Crippen LogP contribution in [0.5, 0.6) is 0 Å². The molecule has 3 aliphatic carbocycles. The minimum Gasteiger partial charge on any atom is -0.345 e. The highest BCUT2D eigenvalue weighted by Gasteiger charge is 2.50. The first-order valence-electron chi connectivity index (χ1n) is 14.6. The SMILES string of the molecule is C=CCn1cc(C2C3=C(CC(C)(C)CC3=O)N(C3CCCCC3)C3=C2C(=O)CC(C)(C)C3)c2ccccc21. The summed E-state index contributed by atoms with van der Waals surface area (Å²) in [6.45, 7) is 13.6. The summed E-state index contributed by atoms with van der Waals surface area (Å²) in [5.74, 6) is 0.168. The molecule has 0 saturated heterocycles. The minimum atomic E-state index is -0.289. The lowest BCUT2D eigenvalue weighted by molar-refractivity contribution is -0.119. The number of nitrogens with zero attached hydrogens (tertiary/aromatic N) is 2. The monoisotopic (exact) mass is 510 g/mol. The highest BCUT2D eigenvalue weighted by atomic mass is 16.1. The number of fused-ring (bicyclic) bond motifs is 1. The fraction of sp³-hybridized carbons (Fsp3) is 0.529. The summed E-state index contributed by atoms with van der Waals surface area (Å²) in [6, 6.07) is 8.82. The fourth-order valence-electron chi connectivity index (χ4n) is 7.88. The molecular weight excluding hydrogens is 468 g/mol. The summed E-state index contributed by atoms with van der Waals surface area (Å²) in [4.78, 5) is 30.9. The summed E-state index contributed by atoms with van der Waals surface area (Å²) in [7, 11) is 0. The first-order chi connectivity index (χ1) is 18.1. The van der Waals surface area contributed by atoms with Crippen molar-refractivity contribution in [1.29, 1.82) is 0 Å². The van der Waals surface area contributed by atoms with Crippen LogP contribution in [0.1, 0.15) is 97.0 Å². The van der Waals surface area contributed by atoms with Gasteiger partial charge in [0.2, 0.25) is 0 Å². The highest BCUT2D eigenvalue weighted by Crippen LogP contribution is 2.56. The lowest BCUT2D eigenvalue weighted by Crippen LogP contribution is -2.48. The van der Waals surface area contributed by atoms with Gasteiger partial charge in [-0.3, -0.25) is 9.59 Å². The van der Waals surface area contributed by atoms with Crippen LogP contribution in [0.25, 0.3) is 10.9 Å². The summed E-state index contributed by atoms with van der Waals surface area (Å²) in [6.07, 6.45) is 13.0. The number of hydrogen-bond donors (Lipinski definition) is 0. The summed E-state index contributed by atoms with van der Waals surface area (Å²) in [5, 5.41) is 1.14. The van der Waals surface area contributed by atoms with Crippen LogP contribution < -0.4 is 0 Å². The van der Waals surface area contributed by atoms with E-state index in [9.17, 15) is 9.59 Å². The summed E-state index contributed by atoms with van der Waals surface area (Å²) in [5.41, 5.74) is 6.31. The first-order valence-corrected chi connectivity index (χ1v) is 14.6. The molecule has 4 nitrogen and oxygen atoms in total. The second-order valence-corrected chi connectivity index (χ2v) is 13.7. The Morgan fingerprint density at radius 3 is 2.03 bits per heavy atom. The molecule has 0 unspecified atom stereocenters. The van der Waals surface area contributed by atoms with Gasteiger partial charge in [-0.2, -0.15) is 0 Å². The van der Waals surface area contributed by atoms with Gasteiger partial charge in [0.25, 0.3) is 0 Å². The molecule has 38 heavy (non-hydrogen) atoms. The summed E-state index contributed by atoms with van der Waals surface area (Å²) >= 11 is 0. The van der Waals surface area contributed by atoms with Gasteiger partial charge in [0.1, 0.15) is 0 Å². The van der Waals surface area contributed by atoms with E-state index in [1.165, 1.54) is 30.7 Å². The third-order valence-electron chi connectivity index (χ3n) is 9.35. The Bertz CT molecular complexity index is 1340. The van der Waals surface area contributed by atoms with Gasteiger partial charge in [-0.15, -0.1) is 6.58 Å². The zero-order chi connectivity index (χ0) is 26.8. The van der Waals surface area contributed by atoms with Gasteiger partial charge < -0.3 is 9.47 Å².